The maximum absolute atomic E-state index is 12.5. The molecule has 0 bridgehead atoms. The third-order valence-corrected chi connectivity index (χ3v) is 5.77. The molecular weight excluding hydrogens is 304 g/mol. The summed E-state index contributed by atoms with van der Waals surface area (Å²) in [6, 6.07) is 0. The molecule has 136 valence electrons. The van der Waals surface area contributed by atoms with E-state index in [9.17, 15) is 14.7 Å². The molecule has 0 aliphatic heterocycles. The van der Waals surface area contributed by atoms with E-state index in [0.717, 1.165) is 5.57 Å². The second kappa shape index (κ2) is 7.38. The molecule has 0 spiro atoms. The van der Waals surface area contributed by atoms with Crippen LogP contribution in [0.3, 0.4) is 0 Å². The minimum Gasteiger partial charge on any atom is -0.458 e. The molecule has 0 amide bonds. The molecule has 2 fully saturated rings. The molecule has 2 rings (SSSR count). The number of hydrogen-bond acceptors (Lipinski definition) is 4. The normalized spacial score (nSPS) is 34.6. The highest BCUT2D eigenvalue weighted by Gasteiger charge is 2.54. The van der Waals surface area contributed by atoms with E-state index < -0.39 is 6.10 Å². The summed E-state index contributed by atoms with van der Waals surface area (Å²) in [5, 5.41) is 10.1. The molecule has 0 saturated heterocycles. The molecule has 2 saturated carbocycles. The number of ketones is 1. The topological polar surface area (TPSA) is 63.6 Å². The zero-order valence-corrected chi connectivity index (χ0v) is 15.6. The van der Waals surface area contributed by atoms with Gasteiger partial charge in [-0.15, -0.1) is 0 Å². The van der Waals surface area contributed by atoms with Crippen molar-refractivity contribution in [1.82, 2.24) is 0 Å². The van der Waals surface area contributed by atoms with Crippen LogP contribution in [-0.2, 0) is 14.3 Å². The van der Waals surface area contributed by atoms with Crippen molar-refractivity contribution >= 4 is 11.8 Å². The Morgan fingerprint density at radius 3 is 2.42 bits per heavy atom. The van der Waals surface area contributed by atoms with Gasteiger partial charge in [0, 0.05) is 18.8 Å². The van der Waals surface area contributed by atoms with Crippen LogP contribution in [0.4, 0.5) is 0 Å². The lowest BCUT2D eigenvalue weighted by Crippen LogP contribution is -2.43. The van der Waals surface area contributed by atoms with Crippen LogP contribution in [0.15, 0.2) is 12.2 Å². The molecule has 0 radical (unpaired) electrons. The quantitative estimate of drug-likeness (QED) is 0.617. The molecule has 2 aliphatic carbocycles. The number of ether oxygens (including phenoxy) is 1. The van der Waals surface area contributed by atoms with Gasteiger partial charge in [0.05, 0.1) is 6.10 Å². The molecule has 0 aromatic heterocycles. The Morgan fingerprint density at radius 1 is 1.29 bits per heavy atom. The van der Waals surface area contributed by atoms with E-state index in [1.165, 1.54) is 0 Å². The summed E-state index contributed by atoms with van der Waals surface area (Å²) in [5.74, 6) is 0.643. The van der Waals surface area contributed by atoms with Gasteiger partial charge in [-0.25, -0.2) is 0 Å². The first kappa shape index (κ1) is 19.2. The summed E-state index contributed by atoms with van der Waals surface area (Å²) in [6.07, 6.45) is 0.588. The first-order chi connectivity index (χ1) is 11.1. The molecule has 4 heteroatoms. The molecule has 0 aromatic rings. The van der Waals surface area contributed by atoms with Crippen LogP contribution in [0, 0.1) is 35.5 Å². The van der Waals surface area contributed by atoms with Crippen molar-refractivity contribution in [3.8, 4) is 0 Å². The lowest BCUT2D eigenvalue weighted by molar-refractivity contribution is -0.151. The van der Waals surface area contributed by atoms with Gasteiger partial charge in [0.25, 0.3) is 0 Å². The largest absolute Gasteiger partial charge is 0.458 e. The fourth-order valence-corrected chi connectivity index (χ4v) is 4.66. The van der Waals surface area contributed by atoms with Gasteiger partial charge < -0.3 is 9.84 Å². The van der Waals surface area contributed by atoms with E-state index in [1.54, 1.807) is 6.92 Å². The molecule has 1 N–H and O–H groups in total. The van der Waals surface area contributed by atoms with Crippen LogP contribution >= 0.6 is 0 Å². The number of carbonyl (C=O) groups is 2. The highest BCUT2D eigenvalue weighted by molar-refractivity contribution is 5.85. The molecule has 6 atom stereocenters. The second-order valence-electron chi connectivity index (χ2n) is 8.42. The first-order valence-electron chi connectivity index (χ1n) is 9.22. The van der Waals surface area contributed by atoms with Gasteiger partial charge >= 0.3 is 5.97 Å². The fraction of sp³-hybridized carbons (Fsp3) is 0.800. The van der Waals surface area contributed by atoms with E-state index in [0.29, 0.717) is 25.2 Å². The minimum atomic E-state index is -0.637. The van der Waals surface area contributed by atoms with Gasteiger partial charge in [0.15, 0.2) is 0 Å². The Labute approximate surface area is 145 Å². The predicted molar refractivity (Wildman–Crippen MR) is 93.2 cm³/mol. The number of carbonyl (C=O) groups excluding carboxylic acids is 2. The maximum atomic E-state index is 12.5. The number of aliphatic hydroxyl groups is 1. The van der Waals surface area contributed by atoms with Crippen LogP contribution in [0.5, 0.6) is 0 Å². The summed E-state index contributed by atoms with van der Waals surface area (Å²) in [4.78, 5) is 24.6. The van der Waals surface area contributed by atoms with Crippen molar-refractivity contribution in [1.29, 1.82) is 0 Å². The van der Waals surface area contributed by atoms with E-state index in [2.05, 4.69) is 20.4 Å². The molecular formula is C20H32O4. The van der Waals surface area contributed by atoms with Gasteiger partial charge in [-0.1, -0.05) is 34.3 Å². The predicted octanol–water partition coefficient (Wildman–Crippen LogP) is 3.38. The molecule has 4 nitrogen and oxygen atoms in total. The number of rotatable bonds is 5. The van der Waals surface area contributed by atoms with Crippen LogP contribution in [0.2, 0.25) is 0 Å². The number of esters is 1. The second-order valence-corrected chi connectivity index (χ2v) is 8.42. The van der Waals surface area contributed by atoms with Crippen LogP contribution in [0.25, 0.3) is 0 Å². The molecule has 0 heterocycles. The lowest BCUT2D eigenvalue weighted by atomic mass is 9.63. The van der Waals surface area contributed by atoms with Crippen molar-refractivity contribution in [2.45, 2.75) is 66.1 Å². The highest BCUT2D eigenvalue weighted by Crippen LogP contribution is 2.53. The molecule has 24 heavy (non-hydrogen) atoms. The van der Waals surface area contributed by atoms with Crippen molar-refractivity contribution < 1.29 is 19.4 Å². The number of aliphatic hydroxyl groups excluding tert-OH is 1. The van der Waals surface area contributed by atoms with E-state index in [-0.39, 0.29) is 47.4 Å². The lowest BCUT2D eigenvalue weighted by Gasteiger charge is -2.44. The average molecular weight is 336 g/mol. The van der Waals surface area contributed by atoms with Crippen molar-refractivity contribution in [3.63, 3.8) is 0 Å². The molecule has 0 unspecified atom stereocenters. The van der Waals surface area contributed by atoms with Crippen LogP contribution < -0.4 is 0 Å². The Morgan fingerprint density at radius 2 is 1.92 bits per heavy atom. The van der Waals surface area contributed by atoms with Gasteiger partial charge in [-0.05, 0) is 48.5 Å². The number of fused-ring (bicyclic) bond motifs is 1. The fourth-order valence-electron chi connectivity index (χ4n) is 4.66. The summed E-state index contributed by atoms with van der Waals surface area (Å²) < 4.78 is 5.72. The monoisotopic (exact) mass is 336 g/mol. The maximum Gasteiger partial charge on any atom is 0.306 e. The Kier molecular flexibility index (Phi) is 5.90. The van der Waals surface area contributed by atoms with Gasteiger partial charge in [-0.2, -0.15) is 0 Å². The Balaban J connectivity index is 2.22. The Bertz CT molecular complexity index is 506. The van der Waals surface area contributed by atoms with Crippen molar-refractivity contribution in [3.05, 3.63) is 12.2 Å². The molecule has 2 aliphatic rings. The van der Waals surface area contributed by atoms with E-state index in [1.807, 2.05) is 13.8 Å². The van der Waals surface area contributed by atoms with Gasteiger partial charge in [-0.3, -0.25) is 9.59 Å². The van der Waals surface area contributed by atoms with Crippen molar-refractivity contribution in [2.24, 2.45) is 35.5 Å². The third kappa shape index (κ3) is 3.74. The minimum absolute atomic E-state index is 0.0232. The average Bonchev–Trinajstić information content (AvgIpc) is 2.78. The smallest absolute Gasteiger partial charge is 0.306 e. The van der Waals surface area contributed by atoms with E-state index in [4.69, 9.17) is 4.74 Å². The number of hydrogen-bond donors (Lipinski definition) is 1. The standard InChI is InChI=1S/C20H32O4/c1-10(2)7-18(23)24-17-9-14(11(3)4)20-15(12(17)5)8-16(22)19(20)13(6)21/h10-11,13-15,17,19-21H,5,7-9H2,1-4,6H3/t13-,14-,15-,17+,19-,20-/m0/s1. The number of Topliss-reactive ketones (excluding diaryl/α,β-unsaturated/α-hetero) is 1. The highest BCUT2D eigenvalue weighted by atomic mass is 16.5. The summed E-state index contributed by atoms with van der Waals surface area (Å²) in [6.45, 7) is 14.2. The van der Waals surface area contributed by atoms with Gasteiger partial charge in [0.2, 0.25) is 0 Å². The summed E-state index contributed by atoms with van der Waals surface area (Å²) in [7, 11) is 0. The van der Waals surface area contributed by atoms with Gasteiger partial charge in [0.1, 0.15) is 11.9 Å². The SMILES string of the molecule is C=C1[C@H](OC(=O)CC(C)C)C[C@@H](C(C)C)[C@@H]2[C@@H]([C@H](C)O)C(=O)C[C@@H]12. The third-order valence-electron chi connectivity index (χ3n) is 5.77. The van der Waals surface area contributed by atoms with Crippen molar-refractivity contribution in [2.75, 3.05) is 0 Å². The summed E-state index contributed by atoms with van der Waals surface area (Å²) >= 11 is 0. The van der Waals surface area contributed by atoms with E-state index >= 15 is 0 Å². The molecule has 0 aromatic carbocycles. The van der Waals surface area contributed by atoms with Crippen LogP contribution in [-0.4, -0.2) is 29.1 Å². The van der Waals surface area contributed by atoms with Crippen LogP contribution in [0.1, 0.15) is 53.9 Å². The Hall–Kier alpha value is -1.16. The zero-order valence-electron chi connectivity index (χ0n) is 15.6. The zero-order chi connectivity index (χ0) is 18.2. The first-order valence-corrected chi connectivity index (χ1v) is 9.22. The summed E-state index contributed by atoms with van der Waals surface area (Å²) in [5.41, 5.74) is 0.866.